The number of benzene rings is 1. The van der Waals surface area contributed by atoms with E-state index in [1.807, 2.05) is 12.1 Å². The first kappa shape index (κ1) is 11.7. The zero-order valence-electron chi connectivity index (χ0n) is 10.2. The zero-order chi connectivity index (χ0) is 13.1. The number of rotatable bonds is 3. The maximum atomic E-state index is 13.2. The highest BCUT2D eigenvalue weighted by molar-refractivity contribution is 5.76. The molecule has 3 aliphatic rings. The van der Waals surface area contributed by atoms with Crippen molar-refractivity contribution in [2.45, 2.75) is 37.6 Å². The van der Waals surface area contributed by atoms with E-state index >= 15 is 0 Å². The molecule has 3 aliphatic carbocycles. The second-order valence-corrected chi connectivity index (χ2v) is 5.95. The van der Waals surface area contributed by atoms with Crippen LogP contribution >= 0.6 is 0 Å². The largest absolute Gasteiger partial charge is 0.480 e. The summed E-state index contributed by atoms with van der Waals surface area (Å²) >= 11 is 0. The van der Waals surface area contributed by atoms with Crippen LogP contribution in [0.4, 0.5) is 4.39 Å². The lowest BCUT2D eigenvalue weighted by molar-refractivity contribution is -0.178. The molecule has 0 amide bonds. The fourth-order valence-corrected chi connectivity index (χ4v) is 3.74. The Labute approximate surface area is 105 Å². The third kappa shape index (κ3) is 1.29. The predicted molar refractivity (Wildman–Crippen MR) is 64.7 cm³/mol. The Kier molecular flexibility index (Phi) is 2.15. The van der Waals surface area contributed by atoms with Crippen molar-refractivity contribution in [2.24, 2.45) is 11.1 Å². The van der Waals surface area contributed by atoms with Crippen LogP contribution in [0.5, 0.6) is 0 Å². The Morgan fingerprint density at radius 2 is 2.06 bits per heavy atom. The van der Waals surface area contributed by atoms with Crippen LogP contribution in [0, 0.1) is 18.2 Å². The van der Waals surface area contributed by atoms with Crippen molar-refractivity contribution in [3.8, 4) is 0 Å². The predicted octanol–water partition coefficient (Wildman–Crippen LogP) is 1.97. The van der Waals surface area contributed by atoms with Gasteiger partial charge in [0.2, 0.25) is 0 Å². The Hall–Kier alpha value is -1.42. The van der Waals surface area contributed by atoms with E-state index in [1.54, 1.807) is 6.92 Å². The summed E-state index contributed by atoms with van der Waals surface area (Å²) in [6.45, 7) is 1.75. The van der Waals surface area contributed by atoms with Gasteiger partial charge in [0.25, 0.3) is 0 Å². The van der Waals surface area contributed by atoms with Gasteiger partial charge >= 0.3 is 5.97 Å². The summed E-state index contributed by atoms with van der Waals surface area (Å²) in [7, 11) is 0. The standard InChI is InChI=1S/C14H16FNO2/c1-8-4-9(2-3-10(8)15)13-5-14(6-13,7-13)11(16)12(17)18/h2-4,11H,5-7,16H2,1H3,(H,17,18). The topological polar surface area (TPSA) is 63.3 Å². The maximum Gasteiger partial charge on any atom is 0.321 e. The van der Waals surface area contributed by atoms with Crippen molar-refractivity contribution in [1.29, 1.82) is 0 Å². The molecule has 1 aromatic rings. The van der Waals surface area contributed by atoms with Gasteiger partial charge in [0.15, 0.2) is 0 Å². The molecule has 3 N–H and O–H groups in total. The molecule has 4 heteroatoms. The minimum absolute atomic E-state index is 0.0610. The monoisotopic (exact) mass is 249 g/mol. The molecule has 0 aliphatic heterocycles. The highest BCUT2D eigenvalue weighted by Crippen LogP contribution is 2.74. The van der Waals surface area contributed by atoms with Gasteiger partial charge in [0.1, 0.15) is 11.9 Å². The van der Waals surface area contributed by atoms with Gasteiger partial charge in [-0.25, -0.2) is 4.39 Å². The summed E-state index contributed by atoms with van der Waals surface area (Å²) in [6.07, 6.45) is 2.45. The fraction of sp³-hybridized carbons (Fsp3) is 0.500. The van der Waals surface area contributed by atoms with Gasteiger partial charge < -0.3 is 10.8 Å². The molecule has 2 bridgehead atoms. The van der Waals surface area contributed by atoms with E-state index in [0.717, 1.165) is 24.8 Å². The van der Waals surface area contributed by atoms with E-state index in [2.05, 4.69) is 0 Å². The molecule has 0 radical (unpaired) electrons. The average Bonchev–Trinajstić information content (AvgIpc) is 2.19. The summed E-state index contributed by atoms with van der Waals surface area (Å²) < 4.78 is 13.2. The number of carbonyl (C=O) groups is 1. The molecule has 0 saturated heterocycles. The van der Waals surface area contributed by atoms with Gasteiger partial charge in [-0.15, -0.1) is 0 Å². The average molecular weight is 249 g/mol. The van der Waals surface area contributed by atoms with Crippen LogP contribution in [0.2, 0.25) is 0 Å². The van der Waals surface area contributed by atoms with Crippen molar-refractivity contribution >= 4 is 5.97 Å². The molecule has 0 spiro atoms. The lowest BCUT2D eigenvalue weighted by atomic mass is 9.31. The third-order valence-electron chi connectivity index (χ3n) is 4.77. The van der Waals surface area contributed by atoms with Crippen molar-refractivity contribution in [3.05, 3.63) is 35.1 Å². The number of hydrogen-bond donors (Lipinski definition) is 2. The molecule has 4 rings (SSSR count). The second-order valence-electron chi connectivity index (χ2n) is 5.95. The van der Waals surface area contributed by atoms with Crippen molar-refractivity contribution in [2.75, 3.05) is 0 Å². The molecule has 0 aromatic heterocycles. The third-order valence-corrected chi connectivity index (χ3v) is 4.77. The fourth-order valence-electron chi connectivity index (χ4n) is 3.74. The van der Waals surface area contributed by atoms with Crippen molar-refractivity contribution in [3.63, 3.8) is 0 Å². The Morgan fingerprint density at radius 1 is 1.44 bits per heavy atom. The van der Waals surface area contributed by atoms with Crippen LogP contribution in [-0.4, -0.2) is 17.1 Å². The molecule has 0 heterocycles. The van der Waals surface area contributed by atoms with E-state index in [0.29, 0.717) is 5.56 Å². The lowest BCUT2D eigenvalue weighted by Crippen LogP contribution is -2.72. The Balaban J connectivity index is 1.80. The van der Waals surface area contributed by atoms with Crippen LogP contribution in [0.15, 0.2) is 18.2 Å². The molecule has 3 nitrogen and oxygen atoms in total. The molecule has 1 unspecified atom stereocenters. The first-order valence-electron chi connectivity index (χ1n) is 6.14. The number of aliphatic carboxylic acids is 1. The van der Waals surface area contributed by atoms with Gasteiger partial charge in [0.05, 0.1) is 0 Å². The number of nitrogens with two attached hydrogens (primary N) is 1. The number of carboxylic acid groups (broad SMARTS) is 1. The van der Waals surface area contributed by atoms with Gasteiger partial charge in [0, 0.05) is 0 Å². The SMILES string of the molecule is Cc1cc(C23CC(C(N)C(=O)O)(C2)C3)ccc1F. The first-order chi connectivity index (χ1) is 8.39. The normalized spacial score (nSPS) is 34.4. The minimum atomic E-state index is -0.918. The van der Waals surface area contributed by atoms with Gasteiger partial charge in [-0.3, -0.25) is 4.79 Å². The molecule has 1 aromatic carbocycles. The Bertz CT molecular complexity index is 521. The molecule has 3 fully saturated rings. The maximum absolute atomic E-state index is 13.2. The number of aryl methyl sites for hydroxylation is 1. The second kappa shape index (κ2) is 3.32. The van der Waals surface area contributed by atoms with Crippen LogP contribution in [0.3, 0.4) is 0 Å². The number of hydrogen-bond acceptors (Lipinski definition) is 2. The van der Waals surface area contributed by atoms with Crippen molar-refractivity contribution in [1.82, 2.24) is 0 Å². The molecular weight excluding hydrogens is 233 g/mol. The van der Waals surface area contributed by atoms with Crippen LogP contribution < -0.4 is 5.73 Å². The van der Waals surface area contributed by atoms with Gasteiger partial charge in [-0.1, -0.05) is 12.1 Å². The number of halogens is 1. The van der Waals surface area contributed by atoms with E-state index < -0.39 is 12.0 Å². The van der Waals surface area contributed by atoms with E-state index in [9.17, 15) is 9.18 Å². The van der Waals surface area contributed by atoms with Crippen LogP contribution in [-0.2, 0) is 10.2 Å². The molecule has 3 saturated carbocycles. The summed E-state index contributed by atoms with van der Waals surface area (Å²) in [6, 6.07) is 4.43. The first-order valence-corrected chi connectivity index (χ1v) is 6.14. The van der Waals surface area contributed by atoms with Crippen LogP contribution in [0.1, 0.15) is 30.4 Å². The van der Waals surface area contributed by atoms with E-state index in [4.69, 9.17) is 10.8 Å². The molecule has 18 heavy (non-hydrogen) atoms. The zero-order valence-corrected chi connectivity index (χ0v) is 10.2. The molecule has 96 valence electrons. The van der Waals surface area contributed by atoms with E-state index in [1.165, 1.54) is 6.07 Å². The van der Waals surface area contributed by atoms with E-state index in [-0.39, 0.29) is 16.6 Å². The quantitative estimate of drug-likeness (QED) is 0.860. The molecular formula is C14H16FNO2. The summed E-state index contributed by atoms with van der Waals surface area (Å²) in [5.41, 5.74) is 7.35. The molecule has 1 atom stereocenters. The number of carboxylic acids is 1. The lowest BCUT2D eigenvalue weighted by Gasteiger charge is -2.72. The van der Waals surface area contributed by atoms with Gasteiger partial charge in [-0.2, -0.15) is 0 Å². The summed E-state index contributed by atoms with van der Waals surface area (Å²) in [4.78, 5) is 10.9. The minimum Gasteiger partial charge on any atom is -0.480 e. The van der Waals surface area contributed by atoms with Gasteiger partial charge in [-0.05, 0) is 54.2 Å². The highest BCUT2D eigenvalue weighted by atomic mass is 19.1. The highest BCUT2D eigenvalue weighted by Gasteiger charge is 2.71. The summed E-state index contributed by atoms with van der Waals surface area (Å²) in [5.74, 6) is -1.11. The summed E-state index contributed by atoms with van der Waals surface area (Å²) in [5, 5.41) is 8.97. The van der Waals surface area contributed by atoms with Crippen molar-refractivity contribution < 1.29 is 14.3 Å². The van der Waals surface area contributed by atoms with Crippen LogP contribution in [0.25, 0.3) is 0 Å². The smallest absolute Gasteiger partial charge is 0.321 e. The Morgan fingerprint density at radius 3 is 2.56 bits per heavy atom.